The lowest BCUT2D eigenvalue weighted by atomic mass is 10.3. The molecule has 2 aromatic heterocycles. The lowest BCUT2D eigenvalue weighted by molar-refractivity contribution is 0.462. The Morgan fingerprint density at radius 3 is 3.07 bits per heavy atom. The number of nitrogens with zero attached hydrogens (tertiary/aromatic N) is 3. The molecular formula is C10H10ClN3O. The van der Waals surface area contributed by atoms with Crippen molar-refractivity contribution in [2.45, 2.75) is 5.88 Å². The van der Waals surface area contributed by atoms with Crippen LogP contribution in [0.15, 0.2) is 30.7 Å². The van der Waals surface area contributed by atoms with Gasteiger partial charge in [0.25, 0.3) is 0 Å². The van der Waals surface area contributed by atoms with Crippen molar-refractivity contribution < 1.29 is 4.74 Å². The standard InChI is InChI=1S/C10H10ClN3O/c1-14-7-9(6-13-14)15-10-4-8(5-11)2-3-12-10/h2-4,6-7H,5H2,1H3. The maximum atomic E-state index is 5.71. The Labute approximate surface area is 92.5 Å². The molecule has 0 saturated heterocycles. The monoisotopic (exact) mass is 223 g/mol. The predicted octanol–water partition coefficient (Wildman–Crippen LogP) is 2.35. The van der Waals surface area contributed by atoms with Crippen molar-refractivity contribution in [1.29, 1.82) is 0 Å². The smallest absolute Gasteiger partial charge is 0.219 e. The number of halogens is 1. The van der Waals surface area contributed by atoms with E-state index in [0.29, 0.717) is 17.5 Å². The second-order valence-electron chi connectivity index (χ2n) is 3.09. The van der Waals surface area contributed by atoms with Crippen LogP contribution in [-0.2, 0) is 12.9 Å². The van der Waals surface area contributed by atoms with Gasteiger partial charge in [0, 0.05) is 25.2 Å². The molecule has 2 heterocycles. The number of alkyl halides is 1. The molecule has 78 valence electrons. The number of pyridine rings is 1. The summed E-state index contributed by atoms with van der Waals surface area (Å²) in [5.74, 6) is 1.64. The number of hydrogen-bond acceptors (Lipinski definition) is 3. The fraction of sp³-hybridized carbons (Fsp3) is 0.200. The van der Waals surface area contributed by atoms with Crippen LogP contribution in [0, 0.1) is 0 Å². The summed E-state index contributed by atoms with van der Waals surface area (Å²) in [5, 5.41) is 3.99. The van der Waals surface area contributed by atoms with Gasteiger partial charge in [-0.05, 0) is 11.6 Å². The minimum atomic E-state index is 0.450. The number of hydrogen-bond donors (Lipinski definition) is 0. The number of aromatic nitrogens is 3. The highest BCUT2D eigenvalue weighted by molar-refractivity contribution is 6.17. The van der Waals surface area contributed by atoms with Crippen LogP contribution in [0.4, 0.5) is 0 Å². The van der Waals surface area contributed by atoms with Crippen molar-refractivity contribution >= 4 is 11.6 Å². The molecular weight excluding hydrogens is 214 g/mol. The number of aryl methyl sites for hydroxylation is 1. The molecule has 0 aliphatic carbocycles. The Kier molecular flexibility index (Phi) is 2.87. The van der Waals surface area contributed by atoms with Gasteiger partial charge in [0.15, 0.2) is 5.75 Å². The zero-order valence-corrected chi connectivity index (χ0v) is 8.98. The van der Waals surface area contributed by atoms with Crippen molar-refractivity contribution in [3.8, 4) is 11.6 Å². The molecule has 2 rings (SSSR count). The molecule has 0 aliphatic heterocycles. The number of rotatable bonds is 3. The maximum Gasteiger partial charge on any atom is 0.219 e. The molecule has 0 saturated carbocycles. The molecule has 5 heteroatoms. The summed E-state index contributed by atoms with van der Waals surface area (Å²) in [6.07, 6.45) is 5.08. The summed E-state index contributed by atoms with van der Waals surface area (Å²) in [6, 6.07) is 3.66. The highest BCUT2D eigenvalue weighted by Gasteiger charge is 2.01. The van der Waals surface area contributed by atoms with E-state index in [-0.39, 0.29) is 0 Å². The van der Waals surface area contributed by atoms with Crippen LogP contribution in [0.3, 0.4) is 0 Å². The lowest BCUT2D eigenvalue weighted by Gasteiger charge is -2.02. The Morgan fingerprint density at radius 1 is 1.53 bits per heavy atom. The van der Waals surface area contributed by atoms with E-state index in [2.05, 4.69) is 10.1 Å². The normalized spacial score (nSPS) is 10.3. The van der Waals surface area contributed by atoms with Crippen LogP contribution < -0.4 is 4.74 Å². The van der Waals surface area contributed by atoms with Crippen molar-refractivity contribution in [3.05, 3.63) is 36.3 Å². The summed E-state index contributed by atoms with van der Waals surface area (Å²) < 4.78 is 7.16. The Balaban J connectivity index is 2.16. The molecule has 15 heavy (non-hydrogen) atoms. The Hall–Kier alpha value is -1.55. The average Bonchev–Trinajstić information content (AvgIpc) is 2.64. The van der Waals surface area contributed by atoms with E-state index >= 15 is 0 Å². The fourth-order valence-corrected chi connectivity index (χ4v) is 1.33. The summed E-state index contributed by atoms with van der Waals surface area (Å²) in [5.41, 5.74) is 0.977. The first-order valence-electron chi connectivity index (χ1n) is 4.45. The van der Waals surface area contributed by atoms with Gasteiger partial charge in [0.2, 0.25) is 5.88 Å². The molecule has 0 amide bonds. The zero-order valence-electron chi connectivity index (χ0n) is 8.22. The van der Waals surface area contributed by atoms with E-state index in [9.17, 15) is 0 Å². The van der Waals surface area contributed by atoms with E-state index in [1.54, 1.807) is 29.3 Å². The molecule has 4 nitrogen and oxygen atoms in total. The summed E-state index contributed by atoms with van der Waals surface area (Å²) >= 11 is 5.71. The molecule has 0 spiro atoms. The van der Waals surface area contributed by atoms with Crippen molar-refractivity contribution in [2.75, 3.05) is 0 Å². The maximum absolute atomic E-state index is 5.71. The molecule has 0 aromatic carbocycles. The molecule has 0 radical (unpaired) electrons. The first-order valence-corrected chi connectivity index (χ1v) is 4.99. The molecule has 0 atom stereocenters. The predicted molar refractivity (Wildman–Crippen MR) is 57.1 cm³/mol. The average molecular weight is 224 g/mol. The van der Waals surface area contributed by atoms with Gasteiger partial charge in [0.05, 0.1) is 12.4 Å². The van der Waals surface area contributed by atoms with Crippen LogP contribution in [0.2, 0.25) is 0 Å². The van der Waals surface area contributed by atoms with Gasteiger partial charge in [-0.3, -0.25) is 4.68 Å². The number of ether oxygens (including phenoxy) is 1. The third kappa shape index (κ3) is 2.47. The van der Waals surface area contributed by atoms with E-state index in [1.807, 2.05) is 13.1 Å². The SMILES string of the molecule is Cn1cc(Oc2cc(CCl)ccn2)cn1. The van der Waals surface area contributed by atoms with Gasteiger partial charge in [0.1, 0.15) is 0 Å². The van der Waals surface area contributed by atoms with E-state index in [0.717, 1.165) is 5.56 Å². The van der Waals surface area contributed by atoms with E-state index in [1.165, 1.54) is 0 Å². The van der Waals surface area contributed by atoms with E-state index in [4.69, 9.17) is 16.3 Å². The fourth-order valence-electron chi connectivity index (χ4n) is 1.16. The quantitative estimate of drug-likeness (QED) is 0.750. The van der Waals surface area contributed by atoms with E-state index < -0.39 is 0 Å². The third-order valence-electron chi connectivity index (χ3n) is 1.86. The molecule has 0 fully saturated rings. The van der Waals surface area contributed by atoms with Crippen molar-refractivity contribution in [1.82, 2.24) is 14.8 Å². The largest absolute Gasteiger partial charge is 0.436 e. The second-order valence-corrected chi connectivity index (χ2v) is 3.35. The van der Waals surface area contributed by atoms with Crippen molar-refractivity contribution in [2.24, 2.45) is 7.05 Å². The summed E-state index contributed by atoms with van der Waals surface area (Å²) in [7, 11) is 1.83. The van der Waals surface area contributed by atoms with Gasteiger partial charge < -0.3 is 4.74 Å². The molecule has 0 aliphatic rings. The van der Waals surface area contributed by atoms with Gasteiger partial charge in [-0.25, -0.2) is 4.98 Å². The zero-order chi connectivity index (χ0) is 10.7. The Bertz CT molecular complexity index is 455. The first kappa shape index (κ1) is 9.98. The van der Waals surface area contributed by atoms with Gasteiger partial charge in [-0.15, -0.1) is 11.6 Å². The van der Waals surface area contributed by atoms with Crippen LogP contribution in [0.5, 0.6) is 11.6 Å². The van der Waals surface area contributed by atoms with Gasteiger partial charge in [-0.1, -0.05) is 0 Å². The lowest BCUT2D eigenvalue weighted by Crippen LogP contribution is -1.88. The topological polar surface area (TPSA) is 39.9 Å². The summed E-state index contributed by atoms with van der Waals surface area (Å²) in [4.78, 5) is 4.07. The minimum Gasteiger partial charge on any atom is -0.436 e. The first-order chi connectivity index (χ1) is 7.28. The second kappa shape index (κ2) is 4.31. The molecule has 2 aromatic rings. The molecule has 0 N–H and O–H groups in total. The minimum absolute atomic E-state index is 0.450. The van der Waals surface area contributed by atoms with Gasteiger partial charge in [-0.2, -0.15) is 5.10 Å². The highest BCUT2D eigenvalue weighted by atomic mass is 35.5. The highest BCUT2D eigenvalue weighted by Crippen LogP contribution is 2.19. The molecule has 0 bridgehead atoms. The third-order valence-corrected chi connectivity index (χ3v) is 2.17. The van der Waals surface area contributed by atoms with Crippen LogP contribution in [0.25, 0.3) is 0 Å². The van der Waals surface area contributed by atoms with Crippen LogP contribution in [0.1, 0.15) is 5.56 Å². The Morgan fingerprint density at radius 2 is 2.40 bits per heavy atom. The summed E-state index contributed by atoms with van der Waals surface area (Å²) in [6.45, 7) is 0. The van der Waals surface area contributed by atoms with Gasteiger partial charge >= 0.3 is 0 Å². The van der Waals surface area contributed by atoms with Crippen LogP contribution in [-0.4, -0.2) is 14.8 Å². The molecule has 0 unspecified atom stereocenters. The van der Waals surface area contributed by atoms with Crippen molar-refractivity contribution in [3.63, 3.8) is 0 Å². The van der Waals surface area contributed by atoms with Crippen LogP contribution >= 0.6 is 11.6 Å².